The van der Waals surface area contributed by atoms with Crippen molar-refractivity contribution in [3.8, 4) is 0 Å². The molecule has 0 aromatic carbocycles. The first-order valence-electron chi connectivity index (χ1n) is 6.32. The Morgan fingerprint density at radius 1 is 1.48 bits per heavy atom. The maximum absolute atomic E-state index is 11.7. The van der Waals surface area contributed by atoms with E-state index in [4.69, 9.17) is 10.5 Å². The van der Waals surface area contributed by atoms with Crippen LogP contribution in [0.1, 0.15) is 13.2 Å². The number of hydrogen-bond donors (Lipinski definition) is 5. The van der Waals surface area contributed by atoms with E-state index in [1.165, 1.54) is 17.8 Å². The van der Waals surface area contributed by atoms with Gasteiger partial charge in [0.1, 0.15) is 18.3 Å². The lowest BCUT2D eigenvalue weighted by Crippen LogP contribution is -2.37. The minimum absolute atomic E-state index is 0.0370. The summed E-state index contributed by atoms with van der Waals surface area (Å²) in [5.41, 5.74) is 5.13. The van der Waals surface area contributed by atoms with E-state index < -0.39 is 36.2 Å². The minimum atomic E-state index is -1.30. The molecular formula is C11H15N5O5. The van der Waals surface area contributed by atoms with Crippen LogP contribution in [0.2, 0.25) is 0 Å². The number of nitrogens with two attached hydrogens (primary N) is 1. The van der Waals surface area contributed by atoms with E-state index in [2.05, 4.69) is 15.0 Å². The number of aromatic amines is 1. The van der Waals surface area contributed by atoms with Crippen molar-refractivity contribution in [2.24, 2.45) is 0 Å². The van der Waals surface area contributed by atoms with Gasteiger partial charge in [0.05, 0.1) is 12.4 Å². The first-order valence-corrected chi connectivity index (χ1v) is 6.32. The Hall–Kier alpha value is -2.01. The molecule has 3 rings (SSSR count). The lowest BCUT2D eigenvalue weighted by Gasteiger charge is -2.17. The number of anilines is 1. The lowest BCUT2D eigenvalue weighted by molar-refractivity contribution is -0.0777. The molecule has 10 nitrogen and oxygen atoms in total. The van der Waals surface area contributed by atoms with Crippen molar-refractivity contribution in [3.05, 3.63) is 16.7 Å². The Labute approximate surface area is 117 Å². The van der Waals surface area contributed by atoms with Crippen molar-refractivity contribution in [3.63, 3.8) is 0 Å². The number of nitrogen functional groups attached to an aromatic ring is 1. The third-order valence-corrected chi connectivity index (χ3v) is 3.48. The van der Waals surface area contributed by atoms with E-state index in [9.17, 15) is 20.1 Å². The summed E-state index contributed by atoms with van der Waals surface area (Å²) in [6.07, 6.45) is -4.27. The van der Waals surface area contributed by atoms with Crippen molar-refractivity contribution in [1.82, 2.24) is 19.5 Å². The van der Waals surface area contributed by atoms with Crippen LogP contribution < -0.4 is 11.3 Å². The van der Waals surface area contributed by atoms with E-state index in [1.54, 1.807) is 0 Å². The summed E-state index contributed by atoms with van der Waals surface area (Å²) in [6.45, 7) is 1.44. The van der Waals surface area contributed by atoms with E-state index in [0.29, 0.717) is 0 Å². The maximum Gasteiger partial charge on any atom is 0.280 e. The van der Waals surface area contributed by atoms with Crippen LogP contribution in [0.25, 0.3) is 11.2 Å². The molecule has 3 heterocycles. The quantitative estimate of drug-likeness (QED) is 0.414. The number of aromatic nitrogens is 4. The standard InChI is InChI=1S/C11H15N5O5/c1-3(17)7-5(18)6(19)10(21-7)16-2-13-4-8(16)14-11(12)15-9(4)20/h2-3,5-7,10,17-19H,1H3,(H3,12,14,15,20)/t3?,5-,6+,7+,10-/m0/s1. The predicted molar refractivity (Wildman–Crippen MR) is 70.2 cm³/mol. The number of nitrogens with one attached hydrogen (secondary N) is 1. The highest BCUT2D eigenvalue weighted by Gasteiger charge is 2.46. The molecule has 1 saturated heterocycles. The van der Waals surface area contributed by atoms with E-state index in [-0.39, 0.29) is 17.1 Å². The molecule has 0 amide bonds. The molecule has 0 aliphatic carbocycles. The fourth-order valence-corrected chi connectivity index (χ4v) is 2.44. The topological polar surface area (TPSA) is 160 Å². The largest absolute Gasteiger partial charge is 0.391 e. The van der Waals surface area contributed by atoms with Gasteiger partial charge in [0.25, 0.3) is 5.56 Å². The number of aliphatic hydroxyl groups is 3. The summed E-state index contributed by atoms with van der Waals surface area (Å²) in [5.74, 6) is -0.102. The number of fused-ring (bicyclic) bond motifs is 1. The molecule has 2 aromatic heterocycles. The van der Waals surface area contributed by atoms with E-state index >= 15 is 0 Å². The highest BCUT2D eigenvalue weighted by atomic mass is 16.6. The van der Waals surface area contributed by atoms with Gasteiger partial charge in [0.2, 0.25) is 5.95 Å². The number of rotatable bonds is 2. The van der Waals surface area contributed by atoms with Crippen molar-refractivity contribution in [2.45, 2.75) is 37.6 Å². The van der Waals surface area contributed by atoms with Crippen LogP contribution in [0.15, 0.2) is 11.1 Å². The number of H-pyrrole nitrogens is 1. The van der Waals surface area contributed by atoms with Gasteiger partial charge in [0.15, 0.2) is 17.4 Å². The Morgan fingerprint density at radius 3 is 2.81 bits per heavy atom. The second-order valence-corrected chi connectivity index (χ2v) is 4.99. The SMILES string of the molecule is CC(O)[C@H]1O[C@H](n2cnc3c(=O)[nH]c(N)nc32)[C@H](O)[C@@H]1O. The summed E-state index contributed by atoms with van der Waals surface area (Å²) in [5, 5.41) is 29.5. The molecule has 1 fully saturated rings. The summed E-state index contributed by atoms with van der Waals surface area (Å²) in [6, 6.07) is 0. The van der Waals surface area contributed by atoms with Gasteiger partial charge < -0.3 is 25.8 Å². The van der Waals surface area contributed by atoms with Crippen molar-refractivity contribution in [2.75, 3.05) is 5.73 Å². The molecule has 114 valence electrons. The molecule has 0 bridgehead atoms. The Balaban J connectivity index is 2.07. The van der Waals surface area contributed by atoms with Crippen LogP contribution in [0.5, 0.6) is 0 Å². The average Bonchev–Trinajstić information content (AvgIpc) is 2.93. The van der Waals surface area contributed by atoms with Gasteiger partial charge in [-0.15, -0.1) is 0 Å². The highest BCUT2D eigenvalue weighted by molar-refractivity contribution is 5.70. The number of aliphatic hydroxyl groups excluding tert-OH is 3. The normalized spacial score (nSPS) is 30.9. The molecule has 21 heavy (non-hydrogen) atoms. The van der Waals surface area contributed by atoms with Crippen LogP contribution >= 0.6 is 0 Å². The lowest BCUT2D eigenvalue weighted by atomic mass is 10.1. The van der Waals surface area contributed by atoms with Crippen LogP contribution in [-0.4, -0.2) is 59.3 Å². The van der Waals surface area contributed by atoms with Crippen LogP contribution in [0.4, 0.5) is 5.95 Å². The van der Waals surface area contributed by atoms with E-state index in [0.717, 1.165) is 0 Å². The third-order valence-electron chi connectivity index (χ3n) is 3.48. The van der Waals surface area contributed by atoms with Gasteiger partial charge in [-0.25, -0.2) is 4.98 Å². The first-order chi connectivity index (χ1) is 9.90. The molecule has 6 N–H and O–H groups in total. The van der Waals surface area contributed by atoms with Crippen LogP contribution in [0, 0.1) is 0 Å². The summed E-state index contributed by atoms with van der Waals surface area (Å²) >= 11 is 0. The predicted octanol–water partition coefficient (Wildman–Crippen LogP) is -2.30. The zero-order valence-corrected chi connectivity index (χ0v) is 11.0. The maximum atomic E-state index is 11.7. The monoisotopic (exact) mass is 297 g/mol. The smallest absolute Gasteiger partial charge is 0.280 e. The fraction of sp³-hybridized carbons (Fsp3) is 0.545. The van der Waals surface area contributed by atoms with Gasteiger partial charge >= 0.3 is 0 Å². The molecule has 0 saturated carbocycles. The first kappa shape index (κ1) is 13.9. The van der Waals surface area contributed by atoms with Gasteiger partial charge in [-0.3, -0.25) is 14.3 Å². The van der Waals surface area contributed by atoms with Gasteiger partial charge in [-0.1, -0.05) is 0 Å². The van der Waals surface area contributed by atoms with Crippen molar-refractivity contribution in [1.29, 1.82) is 0 Å². The molecule has 1 unspecified atom stereocenters. The summed E-state index contributed by atoms with van der Waals surface area (Å²) in [7, 11) is 0. The van der Waals surface area contributed by atoms with Gasteiger partial charge in [-0.2, -0.15) is 4.98 Å². The molecule has 1 aliphatic heterocycles. The summed E-state index contributed by atoms with van der Waals surface area (Å²) in [4.78, 5) is 21.9. The number of imidazole rings is 1. The second kappa shape index (κ2) is 4.77. The van der Waals surface area contributed by atoms with Crippen LogP contribution in [-0.2, 0) is 4.74 Å². The summed E-state index contributed by atoms with van der Waals surface area (Å²) < 4.78 is 6.76. The highest BCUT2D eigenvalue weighted by Crippen LogP contribution is 2.32. The molecule has 10 heteroatoms. The minimum Gasteiger partial charge on any atom is -0.391 e. The number of ether oxygens (including phenoxy) is 1. The van der Waals surface area contributed by atoms with E-state index in [1.807, 2.05) is 0 Å². The Morgan fingerprint density at radius 2 is 2.19 bits per heavy atom. The molecule has 1 aliphatic rings. The molecular weight excluding hydrogens is 282 g/mol. The van der Waals surface area contributed by atoms with Crippen LogP contribution in [0.3, 0.4) is 0 Å². The Kier molecular flexibility index (Phi) is 3.17. The van der Waals surface area contributed by atoms with Crippen molar-refractivity contribution >= 4 is 17.1 Å². The van der Waals surface area contributed by atoms with Crippen molar-refractivity contribution < 1.29 is 20.1 Å². The Bertz CT molecular complexity index is 725. The zero-order valence-electron chi connectivity index (χ0n) is 11.0. The zero-order chi connectivity index (χ0) is 15.3. The number of nitrogens with zero attached hydrogens (tertiary/aromatic N) is 3. The average molecular weight is 297 g/mol. The van der Waals surface area contributed by atoms with Gasteiger partial charge in [0, 0.05) is 0 Å². The second-order valence-electron chi connectivity index (χ2n) is 4.99. The number of hydrogen-bond acceptors (Lipinski definition) is 8. The molecule has 5 atom stereocenters. The third kappa shape index (κ3) is 2.08. The molecule has 0 spiro atoms. The van der Waals surface area contributed by atoms with Gasteiger partial charge in [-0.05, 0) is 6.92 Å². The molecule has 0 radical (unpaired) electrons. The fourth-order valence-electron chi connectivity index (χ4n) is 2.44. The molecule has 2 aromatic rings.